The zero-order chi connectivity index (χ0) is 22.2. The molecule has 0 heterocycles. The van der Waals surface area contributed by atoms with Crippen molar-refractivity contribution in [2.45, 2.75) is 0 Å². The molecule has 0 N–H and O–H groups in total. The Morgan fingerprint density at radius 1 is 0.857 bits per heavy atom. The molecular formula is C13H16N6O9. The molecule has 0 atom stereocenters. The van der Waals surface area contributed by atoms with Crippen LogP contribution in [0.15, 0.2) is 18.3 Å². The summed E-state index contributed by atoms with van der Waals surface area (Å²) in [6, 6.07) is 1.44. The lowest BCUT2D eigenvalue weighted by atomic mass is 10.0. The number of hydrogen-bond acceptors (Lipinski definition) is 10. The zero-order valence-corrected chi connectivity index (χ0v) is 15.2. The van der Waals surface area contributed by atoms with Crippen molar-refractivity contribution in [3.8, 4) is 0 Å². The van der Waals surface area contributed by atoms with E-state index in [1.54, 1.807) is 37.7 Å². The summed E-state index contributed by atoms with van der Waals surface area (Å²) in [6.45, 7) is 0. The van der Waals surface area contributed by atoms with Crippen LogP contribution in [0.3, 0.4) is 0 Å². The van der Waals surface area contributed by atoms with Gasteiger partial charge in [-0.15, -0.1) is 0 Å². The van der Waals surface area contributed by atoms with Gasteiger partial charge in [-0.25, -0.2) is 4.58 Å². The molecule has 1 rings (SSSR count). The Morgan fingerprint density at radius 2 is 1.25 bits per heavy atom. The summed E-state index contributed by atoms with van der Waals surface area (Å²) in [4.78, 5) is 40.7. The third-order valence-corrected chi connectivity index (χ3v) is 2.77. The molecule has 0 unspecified atom stereocenters. The molecule has 0 aliphatic carbocycles. The maximum atomic E-state index is 11.3. The summed E-state index contributed by atoms with van der Waals surface area (Å²) in [5.41, 5.74) is -2.24. The van der Waals surface area contributed by atoms with Crippen LogP contribution in [-0.4, -0.2) is 63.7 Å². The van der Waals surface area contributed by atoms with E-state index in [1.165, 1.54) is 12.4 Å². The monoisotopic (exact) mass is 400 g/mol. The maximum absolute atomic E-state index is 11.3. The molecule has 0 radical (unpaired) electrons. The predicted molar refractivity (Wildman–Crippen MR) is 96.6 cm³/mol. The second kappa shape index (κ2) is 10.1. The fourth-order valence-corrected chi connectivity index (χ4v) is 2.01. The van der Waals surface area contributed by atoms with Crippen LogP contribution in [0.25, 0.3) is 5.57 Å². The lowest BCUT2D eigenvalue weighted by molar-refractivity contribution is -0.458. The third-order valence-electron chi connectivity index (χ3n) is 2.77. The van der Waals surface area contributed by atoms with Crippen LogP contribution in [0.2, 0.25) is 0 Å². The van der Waals surface area contributed by atoms with Gasteiger partial charge in [0, 0.05) is 20.3 Å². The van der Waals surface area contributed by atoms with Crippen molar-refractivity contribution in [1.29, 1.82) is 0 Å². The lowest BCUT2D eigenvalue weighted by Crippen LogP contribution is -2.10. The highest BCUT2D eigenvalue weighted by molar-refractivity contribution is 6.11. The first-order valence-corrected chi connectivity index (χ1v) is 7.10. The van der Waals surface area contributed by atoms with E-state index in [2.05, 4.69) is 0 Å². The van der Waals surface area contributed by atoms with Crippen molar-refractivity contribution in [1.82, 2.24) is 4.90 Å². The van der Waals surface area contributed by atoms with Gasteiger partial charge in [-0.2, -0.15) is 0 Å². The van der Waals surface area contributed by atoms with Crippen LogP contribution >= 0.6 is 0 Å². The van der Waals surface area contributed by atoms with E-state index in [1.807, 2.05) is 0 Å². The van der Waals surface area contributed by atoms with E-state index >= 15 is 0 Å². The summed E-state index contributed by atoms with van der Waals surface area (Å²) in [6.07, 6.45) is 2.92. The molecule has 152 valence electrons. The van der Waals surface area contributed by atoms with Gasteiger partial charge in [-0.1, -0.05) is 0 Å². The van der Waals surface area contributed by atoms with Crippen LogP contribution in [0.1, 0.15) is 5.56 Å². The average molecular weight is 400 g/mol. The van der Waals surface area contributed by atoms with Gasteiger partial charge in [-0.05, 0) is 0 Å². The molecule has 0 saturated heterocycles. The zero-order valence-electron chi connectivity index (χ0n) is 15.2. The van der Waals surface area contributed by atoms with E-state index < -0.39 is 36.9 Å². The topological polar surface area (TPSA) is 202 Å². The Morgan fingerprint density at radius 3 is 1.50 bits per heavy atom. The molecule has 28 heavy (non-hydrogen) atoms. The fraction of sp³-hybridized carbons (Fsp3) is 0.308. The molecule has 0 fully saturated rings. The smallest absolute Gasteiger partial charge is 0.291 e. The van der Waals surface area contributed by atoms with Crippen LogP contribution < -0.4 is 0 Å². The second-order valence-corrected chi connectivity index (χ2v) is 5.49. The van der Waals surface area contributed by atoms with Gasteiger partial charge in [0.1, 0.15) is 19.7 Å². The number of nitrogens with zero attached hydrogens (tertiary/aromatic N) is 6. The first kappa shape index (κ1) is 23.8. The highest BCUT2D eigenvalue weighted by atomic mass is 16.9. The molecule has 0 aliphatic rings. The average Bonchev–Trinajstić information content (AvgIpc) is 2.51. The highest BCUT2D eigenvalue weighted by Gasteiger charge is 2.33. The molecule has 0 aromatic heterocycles. The van der Waals surface area contributed by atoms with Crippen molar-refractivity contribution in [2.75, 3.05) is 28.2 Å². The number of non-ortho nitro benzene ring substituents is 1. The summed E-state index contributed by atoms with van der Waals surface area (Å²) < 4.78 is 1.56. The molecule has 0 saturated carbocycles. The molecule has 0 aliphatic heterocycles. The predicted octanol–water partition coefficient (Wildman–Crippen LogP) is 1.42. The van der Waals surface area contributed by atoms with Gasteiger partial charge >= 0.3 is 0 Å². The standard InChI is InChI=1S/C13H16N5O6.NO3/c1-14(2)7-9(8-15(3)4)13-11(17(21)22)5-10(16(19)20)6-12(13)18(23)24;2-1(3)4/h5-8H,1-4H3;/q+1;-1. The van der Waals surface area contributed by atoms with E-state index in [9.17, 15) is 30.3 Å². The van der Waals surface area contributed by atoms with Crippen LogP contribution in [0.5, 0.6) is 0 Å². The summed E-state index contributed by atoms with van der Waals surface area (Å²) in [7, 11) is 6.58. The molecular weight excluding hydrogens is 384 g/mol. The largest absolute Gasteiger partial charge is 0.383 e. The Kier molecular flexibility index (Phi) is 8.59. The number of hydrogen-bond donors (Lipinski definition) is 0. The molecule has 0 bridgehead atoms. The minimum absolute atomic E-state index is 0.179. The van der Waals surface area contributed by atoms with Gasteiger partial charge in [0.15, 0.2) is 6.21 Å². The lowest BCUT2D eigenvalue weighted by Gasteiger charge is -2.09. The third kappa shape index (κ3) is 7.38. The van der Waals surface area contributed by atoms with Crippen molar-refractivity contribution in [2.24, 2.45) is 0 Å². The second-order valence-electron chi connectivity index (χ2n) is 5.49. The van der Waals surface area contributed by atoms with Gasteiger partial charge in [0.05, 0.1) is 37.6 Å². The van der Waals surface area contributed by atoms with Crippen molar-refractivity contribution in [3.05, 3.63) is 69.6 Å². The highest BCUT2D eigenvalue weighted by Crippen LogP contribution is 2.37. The van der Waals surface area contributed by atoms with Crippen LogP contribution in [0, 0.1) is 45.7 Å². The van der Waals surface area contributed by atoms with Crippen molar-refractivity contribution >= 4 is 28.8 Å². The number of allylic oxidation sites excluding steroid dienone is 1. The Labute approximate surface area is 157 Å². The van der Waals surface area contributed by atoms with Gasteiger partial charge in [0.2, 0.25) is 0 Å². The number of nitro groups is 3. The molecule has 1 aromatic rings. The Bertz CT molecular complexity index is 819. The van der Waals surface area contributed by atoms with Gasteiger partial charge in [-0.3, -0.25) is 30.3 Å². The summed E-state index contributed by atoms with van der Waals surface area (Å²) in [5, 5.41) is 48.3. The first-order valence-electron chi connectivity index (χ1n) is 7.10. The molecule has 0 spiro atoms. The number of rotatable bonds is 6. The van der Waals surface area contributed by atoms with Crippen molar-refractivity contribution in [3.63, 3.8) is 0 Å². The fourth-order valence-electron chi connectivity index (χ4n) is 2.01. The van der Waals surface area contributed by atoms with E-state index in [0.29, 0.717) is 0 Å². The van der Waals surface area contributed by atoms with Crippen LogP contribution in [-0.2, 0) is 0 Å². The molecule has 1 aromatic carbocycles. The van der Waals surface area contributed by atoms with Crippen molar-refractivity contribution < 1.29 is 24.4 Å². The first-order chi connectivity index (χ1) is 12.8. The van der Waals surface area contributed by atoms with E-state index in [-0.39, 0.29) is 11.1 Å². The quantitative estimate of drug-likeness (QED) is 0.290. The minimum atomic E-state index is -1.75. The Balaban J connectivity index is 0.00000165. The number of benzene rings is 1. The van der Waals surface area contributed by atoms with Gasteiger partial charge < -0.3 is 20.2 Å². The van der Waals surface area contributed by atoms with E-state index in [0.717, 1.165) is 12.1 Å². The molecule has 15 nitrogen and oxygen atoms in total. The molecule has 0 amide bonds. The summed E-state index contributed by atoms with van der Waals surface area (Å²) >= 11 is 0. The minimum Gasteiger partial charge on any atom is -0.383 e. The summed E-state index contributed by atoms with van der Waals surface area (Å²) in [5.74, 6) is 0. The molecule has 15 heteroatoms. The van der Waals surface area contributed by atoms with Crippen LogP contribution in [0.4, 0.5) is 17.1 Å². The number of nitro benzene ring substituents is 3. The van der Waals surface area contributed by atoms with Gasteiger partial charge in [0.25, 0.3) is 17.1 Å². The Hall–Kier alpha value is -4.17. The van der Waals surface area contributed by atoms with E-state index in [4.69, 9.17) is 15.3 Å². The SMILES string of the molecule is CN(C)/C=C(\C=[N+](C)C)c1c([N+](=O)[O-])cc([N+](=O)[O-])cc1[N+](=O)[O-].O=[N+]([O-])[O-]. The normalized spacial score (nSPS) is 10.2. The maximum Gasteiger partial charge on any atom is 0.291 e.